The summed E-state index contributed by atoms with van der Waals surface area (Å²) in [4.78, 5) is 27.6. The third-order valence-corrected chi connectivity index (χ3v) is 7.41. The molecule has 2 amide bonds. The highest BCUT2D eigenvalue weighted by molar-refractivity contribution is 6.00. The van der Waals surface area contributed by atoms with Gasteiger partial charge < -0.3 is 19.4 Å². The Morgan fingerprint density at radius 3 is 2.39 bits per heavy atom. The van der Waals surface area contributed by atoms with Gasteiger partial charge >= 0.3 is 12.3 Å². The molecule has 3 heterocycles. The van der Waals surface area contributed by atoms with E-state index >= 15 is 13.2 Å². The lowest BCUT2D eigenvalue weighted by Gasteiger charge is -2.27. The van der Waals surface area contributed by atoms with Gasteiger partial charge in [-0.15, -0.1) is 10.2 Å². The number of nitrogens with one attached hydrogen (secondary N) is 1. The number of nitriles is 1. The standard InChI is InChI=1S/C32H29F6N7O4/c1-29(2,3)49-28(47)41-23-12-31(34,35)21-11-22(33)20(25-42-43-27(48-25)30(4,5)16-39)10-24(21)44(26(23)46)14-17-6-8-19(9-7-17)45-15-18(13-40-45)32(36,37)38/h6-11,13,15,23H,12,14H2,1-5H3,(H,41,47)/t23-/m0/s1. The van der Waals surface area contributed by atoms with Gasteiger partial charge in [0.1, 0.15) is 22.9 Å². The molecular formula is C32H29F6N7O4. The number of carbonyl (C=O) groups excluding carboxylic acids is 2. The molecule has 0 saturated carbocycles. The zero-order valence-corrected chi connectivity index (χ0v) is 26.7. The van der Waals surface area contributed by atoms with Crippen LogP contribution in [0.25, 0.3) is 17.1 Å². The number of alkyl halides is 5. The molecule has 5 rings (SSSR count). The fourth-order valence-corrected chi connectivity index (χ4v) is 4.91. The van der Waals surface area contributed by atoms with Crippen molar-refractivity contribution in [2.24, 2.45) is 0 Å². The topological polar surface area (TPSA) is 139 Å². The largest absolute Gasteiger partial charge is 0.444 e. The Balaban J connectivity index is 1.58. The number of carbonyl (C=O) groups is 2. The number of nitrogens with zero attached hydrogens (tertiary/aromatic N) is 6. The van der Waals surface area contributed by atoms with Crippen LogP contribution >= 0.6 is 0 Å². The molecule has 1 aliphatic rings. The first-order valence-electron chi connectivity index (χ1n) is 14.7. The molecule has 49 heavy (non-hydrogen) atoms. The van der Waals surface area contributed by atoms with Crippen LogP contribution in [0.3, 0.4) is 0 Å². The van der Waals surface area contributed by atoms with E-state index in [1.165, 1.54) is 38.1 Å². The van der Waals surface area contributed by atoms with Gasteiger partial charge in [-0.05, 0) is 64.4 Å². The van der Waals surface area contributed by atoms with E-state index in [2.05, 4.69) is 20.6 Å². The summed E-state index contributed by atoms with van der Waals surface area (Å²) in [5, 5.41) is 22.9. The van der Waals surface area contributed by atoms with Crippen molar-refractivity contribution in [1.82, 2.24) is 25.3 Å². The van der Waals surface area contributed by atoms with E-state index in [1.807, 2.05) is 6.07 Å². The summed E-state index contributed by atoms with van der Waals surface area (Å²) in [5.41, 5.74) is -4.45. The molecule has 258 valence electrons. The van der Waals surface area contributed by atoms with Crippen LogP contribution in [0.4, 0.5) is 36.8 Å². The predicted molar refractivity (Wildman–Crippen MR) is 160 cm³/mol. The Morgan fingerprint density at radius 1 is 1.12 bits per heavy atom. The number of fused-ring (bicyclic) bond motifs is 1. The van der Waals surface area contributed by atoms with Gasteiger partial charge in [-0.3, -0.25) is 4.79 Å². The average molecular weight is 690 g/mol. The van der Waals surface area contributed by atoms with Crippen molar-refractivity contribution in [3.63, 3.8) is 0 Å². The summed E-state index contributed by atoms with van der Waals surface area (Å²) >= 11 is 0. The number of alkyl carbamates (subject to hydrolysis) is 1. The highest BCUT2D eigenvalue weighted by atomic mass is 19.4. The Hall–Kier alpha value is -5.40. The minimum Gasteiger partial charge on any atom is -0.444 e. The second-order valence-electron chi connectivity index (χ2n) is 12.9. The van der Waals surface area contributed by atoms with Crippen molar-refractivity contribution in [3.05, 3.63) is 77.2 Å². The van der Waals surface area contributed by atoms with Crippen LogP contribution in [-0.4, -0.2) is 43.6 Å². The highest BCUT2D eigenvalue weighted by Crippen LogP contribution is 2.45. The van der Waals surface area contributed by atoms with Crippen molar-refractivity contribution in [2.45, 2.75) is 76.7 Å². The molecule has 0 saturated heterocycles. The number of benzene rings is 2. The van der Waals surface area contributed by atoms with Gasteiger partial charge in [0.2, 0.25) is 11.8 Å². The molecular weight excluding hydrogens is 660 g/mol. The molecule has 0 unspecified atom stereocenters. The summed E-state index contributed by atoms with van der Waals surface area (Å²) < 4.78 is 98.3. The van der Waals surface area contributed by atoms with Crippen LogP contribution in [-0.2, 0) is 33.6 Å². The van der Waals surface area contributed by atoms with Crippen LogP contribution in [0.15, 0.2) is 53.2 Å². The smallest absolute Gasteiger partial charge is 0.419 e. The molecule has 1 N–H and O–H groups in total. The summed E-state index contributed by atoms with van der Waals surface area (Å²) in [6.45, 7) is 7.18. The normalized spacial score (nSPS) is 16.5. The predicted octanol–water partition coefficient (Wildman–Crippen LogP) is 6.80. The lowest BCUT2D eigenvalue weighted by molar-refractivity contribution is -0.137. The van der Waals surface area contributed by atoms with Crippen LogP contribution < -0.4 is 10.2 Å². The molecule has 0 spiro atoms. The van der Waals surface area contributed by atoms with Gasteiger partial charge in [0.25, 0.3) is 11.8 Å². The zero-order chi connectivity index (χ0) is 36.1. The Kier molecular flexibility index (Phi) is 8.73. The summed E-state index contributed by atoms with van der Waals surface area (Å²) in [7, 11) is 0. The fourth-order valence-electron chi connectivity index (χ4n) is 4.91. The van der Waals surface area contributed by atoms with Gasteiger partial charge in [0.15, 0.2) is 0 Å². The van der Waals surface area contributed by atoms with Crippen LogP contribution in [0, 0.1) is 17.1 Å². The van der Waals surface area contributed by atoms with E-state index in [0.29, 0.717) is 17.8 Å². The third-order valence-electron chi connectivity index (χ3n) is 7.41. The second-order valence-corrected chi connectivity index (χ2v) is 12.9. The molecule has 11 nitrogen and oxygen atoms in total. The lowest BCUT2D eigenvalue weighted by atomic mass is 9.96. The molecule has 0 aliphatic carbocycles. The van der Waals surface area contributed by atoms with Crippen LogP contribution in [0.1, 0.15) is 63.6 Å². The molecule has 0 fully saturated rings. The molecule has 4 aromatic rings. The molecule has 1 atom stereocenters. The first-order chi connectivity index (χ1) is 22.7. The number of hydrogen-bond acceptors (Lipinski definition) is 8. The van der Waals surface area contributed by atoms with E-state index in [1.54, 1.807) is 20.8 Å². The maximum atomic E-state index is 15.9. The fraction of sp³-hybridized carbons (Fsp3) is 0.375. The molecule has 2 aromatic carbocycles. The molecule has 17 heteroatoms. The number of ether oxygens (including phenoxy) is 1. The zero-order valence-electron chi connectivity index (χ0n) is 26.7. The monoisotopic (exact) mass is 689 g/mol. The van der Waals surface area contributed by atoms with Crippen LogP contribution in [0.5, 0.6) is 0 Å². The Labute approximate surface area is 275 Å². The van der Waals surface area contributed by atoms with E-state index in [9.17, 15) is 28.0 Å². The minimum atomic E-state index is -4.61. The maximum absolute atomic E-state index is 15.9. The molecule has 0 radical (unpaired) electrons. The average Bonchev–Trinajstić information content (AvgIpc) is 3.69. The number of anilines is 1. The number of halogens is 6. The summed E-state index contributed by atoms with van der Waals surface area (Å²) in [6, 6.07) is 7.30. The first-order valence-corrected chi connectivity index (χ1v) is 14.7. The Morgan fingerprint density at radius 2 is 1.80 bits per heavy atom. The van der Waals surface area contributed by atoms with Gasteiger partial charge in [-0.25, -0.2) is 22.6 Å². The maximum Gasteiger partial charge on any atom is 0.419 e. The van der Waals surface area contributed by atoms with Crippen molar-refractivity contribution in [1.29, 1.82) is 5.26 Å². The summed E-state index contributed by atoms with van der Waals surface area (Å²) in [5.74, 6) is -6.65. The SMILES string of the molecule is CC(C)(C)OC(=O)N[C@H]1CC(F)(F)c2cc(F)c(-c3nnc(C(C)(C)C#N)o3)cc2N(Cc2ccc(-n3cc(C(F)(F)F)cn3)cc2)C1=O. The van der Waals surface area contributed by atoms with E-state index in [4.69, 9.17) is 9.15 Å². The van der Waals surface area contributed by atoms with Gasteiger partial charge in [0, 0.05) is 18.2 Å². The van der Waals surface area contributed by atoms with Crippen molar-refractivity contribution in [2.75, 3.05) is 4.90 Å². The van der Waals surface area contributed by atoms with Crippen molar-refractivity contribution < 1.29 is 45.1 Å². The van der Waals surface area contributed by atoms with Crippen molar-refractivity contribution in [3.8, 4) is 23.2 Å². The second kappa shape index (κ2) is 12.2. The van der Waals surface area contributed by atoms with E-state index in [-0.39, 0.29) is 11.6 Å². The Bertz CT molecular complexity index is 1940. The number of amides is 2. The molecule has 0 bridgehead atoms. The lowest BCUT2D eigenvalue weighted by Crippen LogP contribution is -2.49. The number of rotatable bonds is 6. The highest BCUT2D eigenvalue weighted by Gasteiger charge is 2.47. The quantitative estimate of drug-likeness (QED) is 0.218. The molecule has 2 aromatic heterocycles. The van der Waals surface area contributed by atoms with Gasteiger partial charge in [-0.2, -0.15) is 23.5 Å². The van der Waals surface area contributed by atoms with E-state index in [0.717, 1.165) is 21.8 Å². The minimum absolute atomic E-state index is 0.168. The molecule has 1 aliphatic heterocycles. The van der Waals surface area contributed by atoms with Crippen LogP contribution in [0.2, 0.25) is 0 Å². The van der Waals surface area contributed by atoms with Gasteiger partial charge in [-0.1, -0.05) is 12.1 Å². The third kappa shape index (κ3) is 7.37. The van der Waals surface area contributed by atoms with Gasteiger partial charge in [0.05, 0.1) is 41.3 Å². The van der Waals surface area contributed by atoms with E-state index < -0.39 is 88.2 Å². The number of hydrogen-bond donors (Lipinski definition) is 1. The summed E-state index contributed by atoms with van der Waals surface area (Å²) in [6.07, 6.45) is -5.55. The van der Waals surface area contributed by atoms with Crippen molar-refractivity contribution >= 4 is 17.7 Å². The number of aromatic nitrogens is 4. The first kappa shape index (κ1) is 34.9.